The molecule has 0 aliphatic rings. The van der Waals surface area contributed by atoms with Gasteiger partial charge in [0.25, 0.3) is 0 Å². The molecule has 1 aromatic carbocycles. The van der Waals surface area contributed by atoms with Crippen molar-refractivity contribution in [3.8, 4) is 5.75 Å². The van der Waals surface area contributed by atoms with Crippen LogP contribution in [0.1, 0.15) is 18.2 Å². The zero-order chi connectivity index (χ0) is 13.2. The molecule has 4 heteroatoms. The van der Waals surface area contributed by atoms with E-state index in [1.54, 1.807) is 13.2 Å². The first kappa shape index (κ1) is 12.5. The van der Waals surface area contributed by atoms with Crippen molar-refractivity contribution in [2.45, 2.75) is 12.5 Å². The Balaban J connectivity index is 2.43. The van der Waals surface area contributed by atoms with Crippen molar-refractivity contribution >= 4 is 0 Å². The molecule has 2 aromatic rings. The fraction of sp³-hybridized carbons (Fsp3) is 0.214. The van der Waals surface area contributed by atoms with Crippen LogP contribution in [0.5, 0.6) is 5.75 Å². The van der Waals surface area contributed by atoms with E-state index in [-0.39, 0.29) is 5.82 Å². The molecule has 1 atom stereocenters. The Bertz CT molecular complexity index is 538. The number of nitrogens with zero attached hydrogens (tertiary/aromatic N) is 1. The van der Waals surface area contributed by atoms with Gasteiger partial charge in [-0.3, -0.25) is 4.98 Å². The molecule has 1 aromatic heterocycles. The number of pyridine rings is 1. The standard InChI is InChI=1S/C14H15FN2O/c1-14(16,13-7-6-11(15)9-17-13)10-4-3-5-12(8-10)18-2/h3-9H,16H2,1-2H3. The number of rotatable bonds is 3. The van der Waals surface area contributed by atoms with Gasteiger partial charge in [-0.05, 0) is 36.8 Å². The number of benzene rings is 1. The van der Waals surface area contributed by atoms with E-state index in [4.69, 9.17) is 10.5 Å². The highest BCUT2D eigenvalue weighted by atomic mass is 19.1. The highest BCUT2D eigenvalue weighted by Gasteiger charge is 2.25. The van der Waals surface area contributed by atoms with E-state index in [2.05, 4.69) is 4.98 Å². The predicted octanol–water partition coefficient (Wildman–Crippen LogP) is 2.45. The number of methoxy groups -OCH3 is 1. The number of ether oxygens (including phenoxy) is 1. The second-order valence-electron chi connectivity index (χ2n) is 4.30. The van der Waals surface area contributed by atoms with Crippen molar-refractivity contribution in [3.63, 3.8) is 0 Å². The molecule has 0 aliphatic carbocycles. The van der Waals surface area contributed by atoms with Gasteiger partial charge in [0.15, 0.2) is 0 Å². The molecule has 1 heterocycles. The molecule has 0 aliphatic heterocycles. The summed E-state index contributed by atoms with van der Waals surface area (Å²) in [6.45, 7) is 1.84. The van der Waals surface area contributed by atoms with Crippen LogP contribution >= 0.6 is 0 Å². The lowest BCUT2D eigenvalue weighted by molar-refractivity contribution is 0.412. The molecule has 0 bridgehead atoms. The van der Waals surface area contributed by atoms with Gasteiger partial charge in [0, 0.05) is 0 Å². The molecule has 3 nitrogen and oxygen atoms in total. The minimum absolute atomic E-state index is 0.375. The van der Waals surface area contributed by atoms with Gasteiger partial charge in [-0.2, -0.15) is 0 Å². The third kappa shape index (κ3) is 2.33. The van der Waals surface area contributed by atoms with Gasteiger partial charge in [0.1, 0.15) is 11.6 Å². The van der Waals surface area contributed by atoms with E-state index in [1.807, 2.05) is 31.2 Å². The molecule has 0 saturated heterocycles. The lowest BCUT2D eigenvalue weighted by Crippen LogP contribution is -2.35. The third-order valence-corrected chi connectivity index (χ3v) is 2.93. The van der Waals surface area contributed by atoms with Gasteiger partial charge >= 0.3 is 0 Å². The number of hydrogen-bond donors (Lipinski definition) is 1. The van der Waals surface area contributed by atoms with Crippen LogP contribution in [0.15, 0.2) is 42.6 Å². The van der Waals surface area contributed by atoms with Crippen molar-refractivity contribution in [2.24, 2.45) is 5.73 Å². The smallest absolute Gasteiger partial charge is 0.141 e. The molecule has 2 rings (SSSR count). The maximum Gasteiger partial charge on any atom is 0.141 e. The van der Waals surface area contributed by atoms with E-state index in [0.717, 1.165) is 11.3 Å². The summed E-state index contributed by atoms with van der Waals surface area (Å²) in [6, 6.07) is 10.4. The Labute approximate surface area is 105 Å². The molecule has 0 radical (unpaired) electrons. The summed E-state index contributed by atoms with van der Waals surface area (Å²) in [5.74, 6) is 0.353. The minimum Gasteiger partial charge on any atom is -0.497 e. The summed E-state index contributed by atoms with van der Waals surface area (Å²) in [7, 11) is 1.60. The lowest BCUT2D eigenvalue weighted by atomic mass is 9.89. The Morgan fingerprint density at radius 1 is 1.28 bits per heavy atom. The number of halogens is 1. The van der Waals surface area contributed by atoms with Gasteiger partial charge in [-0.15, -0.1) is 0 Å². The first-order valence-corrected chi connectivity index (χ1v) is 5.59. The average Bonchev–Trinajstić information content (AvgIpc) is 2.39. The largest absolute Gasteiger partial charge is 0.497 e. The Hall–Kier alpha value is -1.94. The maximum absolute atomic E-state index is 12.9. The van der Waals surface area contributed by atoms with Crippen LogP contribution in [-0.4, -0.2) is 12.1 Å². The highest BCUT2D eigenvalue weighted by Crippen LogP contribution is 2.27. The van der Waals surface area contributed by atoms with Crippen LogP contribution < -0.4 is 10.5 Å². The zero-order valence-electron chi connectivity index (χ0n) is 10.4. The molecule has 0 amide bonds. The summed E-state index contributed by atoms with van der Waals surface area (Å²) in [6.07, 6.45) is 1.17. The van der Waals surface area contributed by atoms with Crippen molar-refractivity contribution in [3.05, 3.63) is 59.7 Å². The van der Waals surface area contributed by atoms with E-state index in [1.165, 1.54) is 12.3 Å². The van der Waals surface area contributed by atoms with E-state index >= 15 is 0 Å². The zero-order valence-corrected chi connectivity index (χ0v) is 10.4. The van der Waals surface area contributed by atoms with Crippen molar-refractivity contribution in [1.82, 2.24) is 4.98 Å². The normalized spacial score (nSPS) is 14.0. The quantitative estimate of drug-likeness (QED) is 0.905. The fourth-order valence-corrected chi connectivity index (χ4v) is 1.78. The first-order valence-electron chi connectivity index (χ1n) is 5.59. The number of nitrogens with two attached hydrogens (primary N) is 1. The molecule has 1 unspecified atom stereocenters. The van der Waals surface area contributed by atoms with Crippen LogP contribution in [0, 0.1) is 5.82 Å². The van der Waals surface area contributed by atoms with E-state index in [9.17, 15) is 4.39 Å². The van der Waals surface area contributed by atoms with E-state index < -0.39 is 5.54 Å². The summed E-state index contributed by atoms with van der Waals surface area (Å²) in [5, 5.41) is 0. The molecule has 0 fully saturated rings. The van der Waals surface area contributed by atoms with Crippen LogP contribution in [0.25, 0.3) is 0 Å². The van der Waals surface area contributed by atoms with E-state index in [0.29, 0.717) is 5.69 Å². The summed E-state index contributed by atoms with van der Waals surface area (Å²) in [4.78, 5) is 4.04. The molecule has 94 valence electrons. The van der Waals surface area contributed by atoms with Gasteiger partial charge in [-0.25, -0.2) is 4.39 Å². The van der Waals surface area contributed by atoms with Crippen molar-refractivity contribution in [1.29, 1.82) is 0 Å². The van der Waals surface area contributed by atoms with Gasteiger partial charge < -0.3 is 10.5 Å². The van der Waals surface area contributed by atoms with Crippen molar-refractivity contribution in [2.75, 3.05) is 7.11 Å². The van der Waals surface area contributed by atoms with Crippen LogP contribution in [0.2, 0.25) is 0 Å². The highest BCUT2D eigenvalue weighted by molar-refractivity contribution is 5.38. The molecular formula is C14H15FN2O. The maximum atomic E-state index is 12.9. The van der Waals surface area contributed by atoms with Crippen LogP contribution in [0.4, 0.5) is 4.39 Å². The minimum atomic E-state index is -0.789. The summed E-state index contributed by atoms with van der Waals surface area (Å²) < 4.78 is 18.0. The predicted molar refractivity (Wildman–Crippen MR) is 67.8 cm³/mol. The second kappa shape index (κ2) is 4.74. The monoisotopic (exact) mass is 246 g/mol. The Morgan fingerprint density at radius 2 is 2.06 bits per heavy atom. The van der Waals surface area contributed by atoms with Gasteiger partial charge in [0.2, 0.25) is 0 Å². The van der Waals surface area contributed by atoms with Gasteiger partial charge in [0.05, 0.1) is 24.5 Å². The third-order valence-electron chi connectivity index (χ3n) is 2.93. The number of aromatic nitrogens is 1. The first-order chi connectivity index (χ1) is 8.54. The fourth-order valence-electron chi connectivity index (χ4n) is 1.78. The molecular weight excluding hydrogens is 231 g/mol. The topological polar surface area (TPSA) is 48.1 Å². The summed E-state index contributed by atoms with van der Waals surface area (Å²) in [5.41, 5.74) is 6.97. The molecule has 18 heavy (non-hydrogen) atoms. The lowest BCUT2D eigenvalue weighted by Gasteiger charge is -2.25. The Kier molecular flexibility index (Phi) is 3.30. The summed E-state index contributed by atoms with van der Waals surface area (Å²) >= 11 is 0. The average molecular weight is 246 g/mol. The van der Waals surface area contributed by atoms with Gasteiger partial charge in [-0.1, -0.05) is 12.1 Å². The molecule has 2 N–H and O–H groups in total. The SMILES string of the molecule is COc1cccc(C(C)(N)c2ccc(F)cn2)c1. The Morgan fingerprint density at radius 3 is 2.67 bits per heavy atom. The molecule has 0 spiro atoms. The van der Waals surface area contributed by atoms with Crippen molar-refractivity contribution < 1.29 is 9.13 Å². The van der Waals surface area contributed by atoms with Crippen LogP contribution in [-0.2, 0) is 5.54 Å². The van der Waals surface area contributed by atoms with Crippen LogP contribution in [0.3, 0.4) is 0 Å². The number of hydrogen-bond acceptors (Lipinski definition) is 3. The second-order valence-corrected chi connectivity index (χ2v) is 4.30. The molecule has 0 saturated carbocycles.